The second-order valence-corrected chi connectivity index (χ2v) is 6.43. The van der Waals surface area contributed by atoms with E-state index in [0.29, 0.717) is 35.3 Å². The Morgan fingerprint density at radius 3 is 2.52 bits per heavy atom. The molecule has 0 unspecified atom stereocenters. The molecule has 0 N–H and O–H groups in total. The van der Waals surface area contributed by atoms with Gasteiger partial charge in [0.1, 0.15) is 5.75 Å². The van der Waals surface area contributed by atoms with Gasteiger partial charge in [-0.3, -0.25) is 9.59 Å². The summed E-state index contributed by atoms with van der Waals surface area (Å²) in [5, 5.41) is 0.240. The number of ether oxygens (including phenoxy) is 2. The van der Waals surface area contributed by atoms with Crippen molar-refractivity contribution in [2.24, 2.45) is 5.41 Å². The quantitative estimate of drug-likeness (QED) is 0.626. The molecule has 0 aromatic heterocycles. The Labute approximate surface area is 138 Å². The summed E-state index contributed by atoms with van der Waals surface area (Å²) < 4.78 is 9.94. The minimum Gasteiger partial charge on any atom is -0.482 e. The van der Waals surface area contributed by atoms with Crippen LogP contribution in [0.5, 0.6) is 5.75 Å². The number of halogens is 1. The van der Waals surface area contributed by atoms with E-state index >= 15 is 0 Å². The normalized spacial score (nSPS) is 18.4. The Morgan fingerprint density at radius 1 is 1.26 bits per heavy atom. The molecule has 1 fully saturated rings. The fraction of sp³-hybridized carbons (Fsp3) is 0.471. The van der Waals surface area contributed by atoms with Crippen LogP contribution in [0.2, 0.25) is 5.02 Å². The number of hydrogen-bond acceptors (Lipinski definition) is 5. The van der Waals surface area contributed by atoms with Gasteiger partial charge in [-0.15, -0.1) is 0 Å². The van der Waals surface area contributed by atoms with Gasteiger partial charge >= 0.3 is 5.97 Å². The van der Waals surface area contributed by atoms with Crippen LogP contribution in [0.15, 0.2) is 6.07 Å². The summed E-state index contributed by atoms with van der Waals surface area (Å²) in [7, 11) is 1.26. The predicted molar refractivity (Wildman–Crippen MR) is 83.3 cm³/mol. The maximum atomic E-state index is 12.8. The number of esters is 1. The average molecular weight is 337 g/mol. The molecule has 0 amide bonds. The first-order valence-corrected chi connectivity index (χ1v) is 7.92. The second kappa shape index (κ2) is 5.64. The smallest absolute Gasteiger partial charge is 0.343 e. The van der Waals surface area contributed by atoms with Crippen molar-refractivity contribution in [3.05, 3.63) is 27.8 Å². The molecule has 1 spiro atoms. The van der Waals surface area contributed by atoms with Gasteiger partial charge in [0.05, 0.1) is 17.5 Å². The highest BCUT2D eigenvalue weighted by Gasteiger charge is 2.55. The number of carbonyl (C=O) groups excluding carboxylic acids is 3. The molecule has 0 bridgehead atoms. The van der Waals surface area contributed by atoms with Crippen LogP contribution < -0.4 is 4.74 Å². The summed E-state index contributed by atoms with van der Waals surface area (Å²) in [5.74, 6) is -0.534. The van der Waals surface area contributed by atoms with E-state index in [1.807, 2.05) is 0 Å². The lowest BCUT2D eigenvalue weighted by atomic mass is 9.81. The van der Waals surface area contributed by atoms with Gasteiger partial charge in [-0.2, -0.15) is 0 Å². The van der Waals surface area contributed by atoms with Crippen LogP contribution in [0.1, 0.15) is 52.0 Å². The summed E-state index contributed by atoms with van der Waals surface area (Å²) in [6.07, 6.45) is 2.89. The fourth-order valence-corrected chi connectivity index (χ4v) is 3.79. The van der Waals surface area contributed by atoms with Gasteiger partial charge in [-0.25, -0.2) is 4.79 Å². The molecule has 0 saturated heterocycles. The number of ketones is 2. The van der Waals surface area contributed by atoms with Crippen molar-refractivity contribution in [2.45, 2.75) is 32.6 Å². The zero-order valence-electron chi connectivity index (χ0n) is 13.0. The highest BCUT2D eigenvalue weighted by atomic mass is 35.5. The Balaban J connectivity index is 2.03. The first-order valence-electron chi connectivity index (χ1n) is 7.54. The molecular weight excluding hydrogens is 320 g/mol. The summed E-state index contributed by atoms with van der Waals surface area (Å²) in [4.78, 5) is 36.9. The lowest BCUT2D eigenvalue weighted by molar-refractivity contribution is -0.142. The maximum absolute atomic E-state index is 12.8. The number of carbonyl (C=O) groups is 3. The molecule has 0 aliphatic heterocycles. The first-order chi connectivity index (χ1) is 10.9. The minimum atomic E-state index is -0.931. The SMILES string of the molecule is COC(=O)COc1cc2c(c(Cl)c1C)C(=O)C1(CCCC1)C2=O. The third-order valence-corrected chi connectivity index (χ3v) is 5.31. The van der Waals surface area contributed by atoms with E-state index < -0.39 is 11.4 Å². The highest BCUT2D eigenvalue weighted by molar-refractivity contribution is 6.40. The molecule has 1 aromatic carbocycles. The molecule has 23 heavy (non-hydrogen) atoms. The van der Waals surface area contributed by atoms with E-state index in [1.165, 1.54) is 13.2 Å². The van der Waals surface area contributed by atoms with Crippen LogP contribution in [0.4, 0.5) is 0 Å². The molecule has 6 heteroatoms. The first kappa shape index (κ1) is 16.0. The van der Waals surface area contributed by atoms with E-state index in [4.69, 9.17) is 16.3 Å². The van der Waals surface area contributed by atoms with Gasteiger partial charge in [0, 0.05) is 16.7 Å². The number of Topliss-reactive ketones (excluding diaryl/α,β-unsaturated/α-hetero) is 2. The van der Waals surface area contributed by atoms with E-state index in [1.54, 1.807) is 6.92 Å². The molecule has 0 atom stereocenters. The predicted octanol–water partition coefficient (Wildman–Crippen LogP) is 3.14. The molecule has 122 valence electrons. The van der Waals surface area contributed by atoms with Crippen molar-refractivity contribution < 1.29 is 23.9 Å². The number of fused-ring (bicyclic) bond motifs is 1. The van der Waals surface area contributed by atoms with Gasteiger partial charge in [0.25, 0.3) is 0 Å². The van der Waals surface area contributed by atoms with E-state index in [9.17, 15) is 14.4 Å². The van der Waals surface area contributed by atoms with Crippen molar-refractivity contribution >= 4 is 29.1 Å². The van der Waals surface area contributed by atoms with Crippen LogP contribution >= 0.6 is 11.6 Å². The van der Waals surface area contributed by atoms with Crippen LogP contribution in [-0.4, -0.2) is 31.3 Å². The number of benzene rings is 1. The van der Waals surface area contributed by atoms with Gasteiger partial charge in [-0.1, -0.05) is 24.4 Å². The minimum absolute atomic E-state index is 0.164. The number of rotatable bonds is 3. The molecule has 0 heterocycles. The molecule has 2 aliphatic rings. The van der Waals surface area contributed by atoms with Crippen LogP contribution in [-0.2, 0) is 9.53 Å². The van der Waals surface area contributed by atoms with Crippen molar-refractivity contribution in [1.82, 2.24) is 0 Å². The van der Waals surface area contributed by atoms with Gasteiger partial charge in [-0.05, 0) is 25.8 Å². The lowest BCUT2D eigenvalue weighted by Crippen LogP contribution is -2.29. The van der Waals surface area contributed by atoms with Crippen molar-refractivity contribution in [2.75, 3.05) is 13.7 Å². The summed E-state index contributed by atoms with van der Waals surface area (Å²) in [5.41, 5.74) is 0.235. The van der Waals surface area contributed by atoms with Crippen molar-refractivity contribution in [3.63, 3.8) is 0 Å². The molecular formula is C17H17ClO5. The Hall–Kier alpha value is -1.88. The second-order valence-electron chi connectivity index (χ2n) is 6.05. The van der Waals surface area contributed by atoms with Crippen molar-refractivity contribution in [1.29, 1.82) is 0 Å². The fourth-order valence-electron chi connectivity index (χ4n) is 3.50. The third kappa shape index (κ3) is 2.26. The van der Waals surface area contributed by atoms with E-state index in [-0.39, 0.29) is 23.2 Å². The summed E-state index contributed by atoms with van der Waals surface area (Å²) >= 11 is 6.35. The largest absolute Gasteiger partial charge is 0.482 e. The third-order valence-electron chi connectivity index (χ3n) is 4.83. The van der Waals surface area contributed by atoms with Gasteiger partial charge < -0.3 is 9.47 Å². The highest BCUT2D eigenvalue weighted by Crippen LogP contribution is 2.51. The van der Waals surface area contributed by atoms with Gasteiger partial charge in [0.15, 0.2) is 18.2 Å². The Morgan fingerprint density at radius 2 is 1.91 bits per heavy atom. The summed E-state index contributed by atoms with van der Waals surface area (Å²) in [6, 6.07) is 1.53. The molecule has 3 rings (SSSR count). The van der Waals surface area contributed by atoms with E-state index in [2.05, 4.69) is 4.74 Å². The molecule has 5 nitrogen and oxygen atoms in total. The van der Waals surface area contributed by atoms with Crippen LogP contribution in [0, 0.1) is 12.3 Å². The molecule has 1 aromatic rings. The zero-order chi connectivity index (χ0) is 16.8. The number of methoxy groups -OCH3 is 1. The monoisotopic (exact) mass is 336 g/mol. The average Bonchev–Trinajstić information content (AvgIpc) is 3.11. The van der Waals surface area contributed by atoms with Crippen LogP contribution in [0.3, 0.4) is 0 Å². The van der Waals surface area contributed by atoms with Crippen LogP contribution in [0.25, 0.3) is 0 Å². The topological polar surface area (TPSA) is 69.7 Å². The summed E-state index contributed by atoms with van der Waals surface area (Å²) in [6.45, 7) is 1.42. The number of hydrogen-bond donors (Lipinski definition) is 0. The maximum Gasteiger partial charge on any atom is 0.343 e. The molecule has 2 aliphatic carbocycles. The Kier molecular flexibility index (Phi) is 3.92. The molecule has 0 radical (unpaired) electrons. The zero-order valence-corrected chi connectivity index (χ0v) is 13.8. The van der Waals surface area contributed by atoms with Gasteiger partial charge in [0.2, 0.25) is 0 Å². The standard InChI is InChI=1S/C17H17ClO5/c1-9-11(23-8-12(19)22-2)7-10-13(14(9)18)16(21)17(15(10)20)5-3-4-6-17/h7H,3-6,8H2,1-2H3. The molecule has 1 saturated carbocycles. The lowest BCUT2D eigenvalue weighted by Gasteiger charge is -2.17. The van der Waals surface area contributed by atoms with Crippen molar-refractivity contribution in [3.8, 4) is 5.75 Å². The van der Waals surface area contributed by atoms with E-state index in [0.717, 1.165) is 12.8 Å². The Bertz CT molecular complexity index is 716.